The topological polar surface area (TPSA) is 119 Å². The van der Waals surface area contributed by atoms with Crippen LogP contribution in [-0.2, 0) is 14.8 Å². The molecule has 2 fully saturated rings. The fraction of sp³-hybridized carbons (Fsp3) is 0.481. The number of nitrogens with one attached hydrogen (secondary N) is 2. The first kappa shape index (κ1) is 25.5. The summed E-state index contributed by atoms with van der Waals surface area (Å²) in [6.45, 7) is 7.73. The molecular formula is C27H33N5O4S. The third-order valence-corrected chi connectivity index (χ3v) is 8.72. The van der Waals surface area contributed by atoms with Gasteiger partial charge in [-0.2, -0.15) is 9.98 Å². The van der Waals surface area contributed by atoms with Crippen LogP contribution in [0.2, 0.25) is 0 Å². The van der Waals surface area contributed by atoms with Crippen molar-refractivity contribution in [3.8, 4) is 6.07 Å². The summed E-state index contributed by atoms with van der Waals surface area (Å²) >= 11 is 0. The number of likely N-dealkylation sites (N-methyl/N-ethyl adjacent to an activating group) is 1. The number of piperazine rings is 1. The Morgan fingerprint density at radius 3 is 2.46 bits per heavy atom. The number of nitriles is 1. The van der Waals surface area contributed by atoms with Crippen LogP contribution in [0, 0.1) is 17.2 Å². The summed E-state index contributed by atoms with van der Waals surface area (Å²) in [4.78, 5) is 17.6. The number of furan rings is 1. The van der Waals surface area contributed by atoms with Crippen LogP contribution in [0.4, 0.5) is 5.69 Å². The lowest BCUT2D eigenvalue weighted by molar-refractivity contribution is -0.123. The van der Waals surface area contributed by atoms with Gasteiger partial charge in [-0.15, -0.1) is 0 Å². The molecule has 2 aromatic carbocycles. The number of anilines is 1. The molecule has 9 nitrogen and oxygen atoms in total. The first-order chi connectivity index (χ1) is 17.6. The Kier molecular flexibility index (Phi) is 6.64. The smallest absolute Gasteiger partial charge is 0.241 e. The van der Waals surface area contributed by atoms with Gasteiger partial charge in [-0.25, -0.2) is 8.42 Å². The van der Waals surface area contributed by atoms with Gasteiger partial charge in [0, 0.05) is 48.7 Å². The van der Waals surface area contributed by atoms with Gasteiger partial charge in [-0.3, -0.25) is 4.79 Å². The van der Waals surface area contributed by atoms with Crippen molar-refractivity contribution in [1.82, 2.24) is 14.9 Å². The van der Waals surface area contributed by atoms with Crippen LogP contribution in [-0.4, -0.2) is 64.0 Å². The van der Waals surface area contributed by atoms with Crippen LogP contribution >= 0.6 is 0 Å². The van der Waals surface area contributed by atoms with Crippen molar-refractivity contribution in [3.63, 3.8) is 0 Å². The number of benzene rings is 2. The van der Waals surface area contributed by atoms with Crippen LogP contribution in [0.15, 0.2) is 45.7 Å². The number of carbonyl (C=O) groups excluding carboxylic acids is 1. The average molecular weight is 524 g/mol. The van der Waals surface area contributed by atoms with E-state index in [4.69, 9.17) is 4.42 Å². The minimum atomic E-state index is -4.01. The molecule has 1 aliphatic heterocycles. The van der Waals surface area contributed by atoms with E-state index in [0.29, 0.717) is 35.8 Å². The highest BCUT2D eigenvalue weighted by molar-refractivity contribution is 7.89. The van der Waals surface area contributed by atoms with Crippen molar-refractivity contribution in [2.75, 3.05) is 38.1 Å². The first-order valence-electron chi connectivity index (χ1n) is 12.7. The number of rotatable bonds is 8. The zero-order valence-corrected chi connectivity index (χ0v) is 22.3. The SMILES string of the molecule is CC(C)C[C@@H](NS(=O)(=O)c1ccc2oc3cc(N4CCN(C)CC4)ccc3c2c1)C(=O)NC1(C#N)CC1. The molecule has 2 N–H and O–H groups in total. The van der Waals surface area contributed by atoms with E-state index in [0.717, 1.165) is 37.3 Å². The molecule has 196 valence electrons. The molecule has 1 aromatic heterocycles. The van der Waals surface area contributed by atoms with E-state index in [1.54, 1.807) is 12.1 Å². The molecule has 2 heterocycles. The Bertz CT molecular complexity index is 1480. The molecule has 1 saturated carbocycles. The van der Waals surface area contributed by atoms with Gasteiger partial charge in [0.2, 0.25) is 15.9 Å². The molecule has 1 atom stereocenters. The van der Waals surface area contributed by atoms with Gasteiger partial charge in [0.15, 0.2) is 0 Å². The van der Waals surface area contributed by atoms with Gasteiger partial charge in [-0.05, 0) is 62.6 Å². The van der Waals surface area contributed by atoms with Crippen LogP contribution in [0.5, 0.6) is 0 Å². The van der Waals surface area contributed by atoms with Crippen LogP contribution < -0.4 is 14.9 Å². The highest BCUT2D eigenvalue weighted by Crippen LogP contribution is 2.35. The van der Waals surface area contributed by atoms with Crippen LogP contribution in [0.1, 0.15) is 33.1 Å². The summed E-state index contributed by atoms with van der Waals surface area (Å²) in [5.74, 6) is -0.395. The van der Waals surface area contributed by atoms with Crippen LogP contribution in [0.25, 0.3) is 21.9 Å². The van der Waals surface area contributed by atoms with Gasteiger partial charge in [0.05, 0.1) is 11.0 Å². The van der Waals surface area contributed by atoms with Crippen molar-refractivity contribution in [2.24, 2.45) is 5.92 Å². The van der Waals surface area contributed by atoms with Gasteiger partial charge < -0.3 is 19.5 Å². The van der Waals surface area contributed by atoms with Gasteiger partial charge >= 0.3 is 0 Å². The lowest BCUT2D eigenvalue weighted by Crippen LogP contribution is -2.50. The molecule has 3 aromatic rings. The molecular weight excluding hydrogens is 490 g/mol. The number of amides is 1. The van der Waals surface area contributed by atoms with Gasteiger partial charge in [0.25, 0.3) is 0 Å². The number of nitrogens with zero attached hydrogens (tertiary/aromatic N) is 3. The number of sulfonamides is 1. The van der Waals surface area contributed by atoms with Crippen LogP contribution in [0.3, 0.4) is 0 Å². The molecule has 37 heavy (non-hydrogen) atoms. The fourth-order valence-electron chi connectivity index (χ4n) is 4.82. The maximum atomic E-state index is 13.4. The second kappa shape index (κ2) is 9.63. The number of hydrogen-bond donors (Lipinski definition) is 2. The minimum Gasteiger partial charge on any atom is -0.456 e. The third kappa shape index (κ3) is 5.30. The zero-order chi connectivity index (χ0) is 26.4. The molecule has 0 radical (unpaired) electrons. The minimum absolute atomic E-state index is 0.0637. The van der Waals surface area contributed by atoms with Crippen molar-refractivity contribution in [1.29, 1.82) is 5.26 Å². The highest BCUT2D eigenvalue weighted by atomic mass is 32.2. The predicted octanol–water partition coefficient (Wildman–Crippen LogP) is 3.20. The van der Waals surface area contributed by atoms with Gasteiger partial charge in [0.1, 0.15) is 22.7 Å². The standard InChI is InChI=1S/C27H33N5O4S/c1-18(2)14-23(26(33)29-27(17-28)8-9-27)30-37(34,35)20-5-7-24-22(16-20)21-6-4-19(15-25(21)36-24)32-12-10-31(3)11-13-32/h4-7,15-16,18,23,30H,8-14H2,1-3H3,(H,29,33)/t23-/m1/s1. The Morgan fingerprint density at radius 2 is 1.81 bits per heavy atom. The van der Waals surface area contributed by atoms with Crippen molar-refractivity contribution < 1.29 is 17.6 Å². The number of carbonyl (C=O) groups is 1. The maximum absolute atomic E-state index is 13.4. The molecule has 1 amide bonds. The molecule has 10 heteroatoms. The maximum Gasteiger partial charge on any atom is 0.241 e. The lowest BCUT2D eigenvalue weighted by atomic mass is 10.0. The summed E-state index contributed by atoms with van der Waals surface area (Å²) in [6, 6.07) is 11.9. The number of hydrogen-bond acceptors (Lipinski definition) is 7. The summed E-state index contributed by atoms with van der Waals surface area (Å²) < 4.78 is 35.4. The first-order valence-corrected chi connectivity index (χ1v) is 14.2. The summed E-state index contributed by atoms with van der Waals surface area (Å²) in [7, 11) is -1.89. The van der Waals surface area contributed by atoms with E-state index < -0.39 is 27.5 Å². The molecule has 1 saturated heterocycles. The zero-order valence-electron chi connectivity index (χ0n) is 21.5. The molecule has 5 rings (SSSR count). The second-order valence-corrected chi connectivity index (χ2v) is 12.4. The van der Waals surface area contributed by atoms with E-state index >= 15 is 0 Å². The van der Waals surface area contributed by atoms with Crippen molar-refractivity contribution in [3.05, 3.63) is 36.4 Å². The predicted molar refractivity (Wildman–Crippen MR) is 143 cm³/mol. The highest BCUT2D eigenvalue weighted by Gasteiger charge is 2.46. The Labute approximate surface area is 217 Å². The summed E-state index contributed by atoms with van der Waals surface area (Å²) in [6.07, 6.45) is 1.48. The molecule has 1 aliphatic carbocycles. The lowest BCUT2D eigenvalue weighted by Gasteiger charge is -2.34. The molecule has 0 unspecified atom stereocenters. The molecule has 2 aliphatic rings. The van der Waals surface area contributed by atoms with E-state index in [9.17, 15) is 18.5 Å². The second-order valence-electron chi connectivity index (χ2n) is 10.7. The summed E-state index contributed by atoms with van der Waals surface area (Å²) in [5, 5.41) is 13.6. The fourth-order valence-corrected chi connectivity index (χ4v) is 6.06. The Hall–Kier alpha value is -3.13. The summed E-state index contributed by atoms with van der Waals surface area (Å²) in [5.41, 5.74) is 1.53. The van der Waals surface area contributed by atoms with E-state index in [1.807, 2.05) is 32.0 Å². The van der Waals surface area contributed by atoms with Crippen molar-refractivity contribution >= 4 is 43.6 Å². The van der Waals surface area contributed by atoms with E-state index in [1.165, 1.54) is 6.07 Å². The van der Waals surface area contributed by atoms with E-state index in [-0.39, 0.29) is 10.8 Å². The number of fused-ring (bicyclic) bond motifs is 3. The van der Waals surface area contributed by atoms with Gasteiger partial charge in [-0.1, -0.05) is 13.8 Å². The third-order valence-electron chi connectivity index (χ3n) is 7.25. The van der Waals surface area contributed by atoms with Crippen molar-refractivity contribution in [2.45, 2.75) is 49.6 Å². The average Bonchev–Trinajstić information content (AvgIpc) is 3.54. The van der Waals surface area contributed by atoms with E-state index in [2.05, 4.69) is 33.0 Å². The monoisotopic (exact) mass is 523 g/mol. The largest absolute Gasteiger partial charge is 0.456 e. The molecule has 0 bridgehead atoms. The quantitative estimate of drug-likeness (QED) is 0.465. The Morgan fingerprint density at radius 1 is 1.08 bits per heavy atom. The normalized spacial score (nSPS) is 18.7. The Balaban J connectivity index is 1.41. The molecule has 0 spiro atoms.